The first-order chi connectivity index (χ1) is 13.2. The molecule has 138 valence electrons. The van der Waals surface area contributed by atoms with E-state index in [1.54, 1.807) is 28.9 Å². The summed E-state index contributed by atoms with van der Waals surface area (Å²) in [6, 6.07) is 8.12. The highest BCUT2D eigenvalue weighted by molar-refractivity contribution is 7.23. The maximum Gasteiger partial charge on any atom is 0.142 e. The summed E-state index contributed by atoms with van der Waals surface area (Å²) in [7, 11) is 0. The quantitative estimate of drug-likeness (QED) is 0.549. The Morgan fingerprint density at radius 2 is 2.15 bits per heavy atom. The fraction of sp³-hybridized carbons (Fsp3) is 0.263. The smallest absolute Gasteiger partial charge is 0.142 e. The summed E-state index contributed by atoms with van der Waals surface area (Å²) < 4.78 is 7.71. The van der Waals surface area contributed by atoms with Gasteiger partial charge in [-0.2, -0.15) is 0 Å². The van der Waals surface area contributed by atoms with Gasteiger partial charge in [-0.25, -0.2) is 9.97 Å². The molecule has 4 aromatic heterocycles. The monoisotopic (exact) mass is 399 g/mol. The predicted molar refractivity (Wildman–Crippen MR) is 106 cm³/mol. The summed E-state index contributed by atoms with van der Waals surface area (Å²) in [6.45, 7) is -0.194. The van der Waals surface area contributed by atoms with Crippen molar-refractivity contribution in [3.05, 3.63) is 48.2 Å². The Kier molecular flexibility index (Phi) is 4.30. The molecule has 0 bridgehead atoms. The highest BCUT2D eigenvalue weighted by Gasteiger charge is 2.35. The molecular formula is C19H17N3O3S2. The SMILES string of the molecule is OC[C@H]1O[C@@H](n2ccc3c(-c4ncc(-c5cccs5)s4)ccnc32)CC1O. The summed E-state index contributed by atoms with van der Waals surface area (Å²) in [4.78, 5) is 11.5. The molecule has 1 fully saturated rings. The van der Waals surface area contributed by atoms with Gasteiger partial charge in [0.15, 0.2) is 0 Å². The molecule has 1 aliphatic heterocycles. The number of aromatic nitrogens is 3. The van der Waals surface area contributed by atoms with Crippen molar-refractivity contribution < 1.29 is 14.9 Å². The first kappa shape index (κ1) is 17.0. The van der Waals surface area contributed by atoms with Crippen LogP contribution in [0.3, 0.4) is 0 Å². The van der Waals surface area contributed by atoms with Gasteiger partial charge in [0, 0.05) is 40.8 Å². The van der Waals surface area contributed by atoms with Crippen molar-refractivity contribution in [2.45, 2.75) is 24.9 Å². The van der Waals surface area contributed by atoms with Gasteiger partial charge in [0.05, 0.1) is 17.6 Å². The topological polar surface area (TPSA) is 80.4 Å². The van der Waals surface area contributed by atoms with Crippen LogP contribution in [0.25, 0.3) is 31.4 Å². The Labute approximate surface area is 163 Å². The minimum absolute atomic E-state index is 0.194. The number of fused-ring (bicyclic) bond motifs is 1. The molecule has 27 heavy (non-hydrogen) atoms. The third kappa shape index (κ3) is 2.90. The van der Waals surface area contributed by atoms with Crippen molar-refractivity contribution in [2.24, 2.45) is 0 Å². The van der Waals surface area contributed by atoms with Gasteiger partial charge < -0.3 is 19.5 Å². The molecule has 0 saturated carbocycles. The van der Waals surface area contributed by atoms with Crippen LogP contribution in [0.2, 0.25) is 0 Å². The van der Waals surface area contributed by atoms with E-state index in [0.29, 0.717) is 6.42 Å². The zero-order valence-corrected chi connectivity index (χ0v) is 15.9. The molecule has 0 aliphatic carbocycles. The Hall–Kier alpha value is -2.10. The molecule has 6 nitrogen and oxygen atoms in total. The van der Waals surface area contributed by atoms with Crippen molar-refractivity contribution >= 4 is 33.7 Å². The lowest BCUT2D eigenvalue weighted by atomic mass is 10.2. The number of rotatable bonds is 4. The van der Waals surface area contributed by atoms with Crippen molar-refractivity contribution in [3.63, 3.8) is 0 Å². The lowest BCUT2D eigenvalue weighted by molar-refractivity contribution is -0.0430. The van der Waals surface area contributed by atoms with Crippen LogP contribution in [0.15, 0.2) is 48.2 Å². The number of thiophene rings is 1. The van der Waals surface area contributed by atoms with Gasteiger partial charge in [-0.3, -0.25) is 0 Å². The van der Waals surface area contributed by atoms with Crippen LogP contribution in [-0.2, 0) is 4.74 Å². The first-order valence-corrected chi connectivity index (χ1v) is 10.3. The molecule has 1 unspecified atom stereocenters. The average Bonchev–Trinajstić information content (AvgIpc) is 3.45. The van der Waals surface area contributed by atoms with Crippen LogP contribution in [0.5, 0.6) is 0 Å². The number of aliphatic hydroxyl groups excluding tert-OH is 2. The second-order valence-electron chi connectivity index (χ2n) is 6.44. The first-order valence-electron chi connectivity index (χ1n) is 8.64. The van der Waals surface area contributed by atoms with E-state index in [0.717, 1.165) is 26.5 Å². The molecule has 1 aliphatic rings. The summed E-state index contributed by atoms with van der Waals surface area (Å²) in [6.07, 6.45) is 4.48. The number of hydrogen-bond acceptors (Lipinski definition) is 7. The van der Waals surface area contributed by atoms with Crippen LogP contribution in [-0.4, -0.2) is 43.6 Å². The normalized spacial score (nSPS) is 22.7. The van der Waals surface area contributed by atoms with Crippen molar-refractivity contribution in [3.8, 4) is 20.3 Å². The minimum atomic E-state index is -0.673. The van der Waals surface area contributed by atoms with E-state index in [4.69, 9.17) is 4.74 Å². The summed E-state index contributed by atoms with van der Waals surface area (Å²) in [5, 5.41) is 23.4. The summed E-state index contributed by atoms with van der Waals surface area (Å²) in [5.41, 5.74) is 1.82. The molecule has 1 saturated heterocycles. The van der Waals surface area contributed by atoms with E-state index < -0.39 is 12.2 Å². The van der Waals surface area contributed by atoms with Crippen molar-refractivity contribution in [1.29, 1.82) is 0 Å². The van der Waals surface area contributed by atoms with E-state index in [1.807, 2.05) is 35.2 Å². The van der Waals surface area contributed by atoms with Crippen molar-refractivity contribution in [1.82, 2.24) is 14.5 Å². The number of hydrogen-bond donors (Lipinski definition) is 2. The third-order valence-corrected chi connectivity index (χ3v) is 6.91. The van der Waals surface area contributed by atoms with Gasteiger partial charge in [-0.05, 0) is 23.6 Å². The van der Waals surface area contributed by atoms with E-state index in [-0.39, 0.29) is 12.8 Å². The third-order valence-electron chi connectivity index (χ3n) is 4.81. The highest BCUT2D eigenvalue weighted by Crippen LogP contribution is 2.38. The van der Waals surface area contributed by atoms with E-state index >= 15 is 0 Å². The van der Waals surface area contributed by atoms with Crippen LogP contribution < -0.4 is 0 Å². The fourth-order valence-corrected chi connectivity index (χ4v) is 5.23. The molecule has 0 radical (unpaired) electrons. The average molecular weight is 399 g/mol. The zero-order chi connectivity index (χ0) is 18.4. The van der Waals surface area contributed by atoms with Crippen LogP contribution in [0, 0.1) is 0 Å². The predicted octanol–water partition coefficient (Wildman–Crippen LogP) is 3.53. The number of thiazole rings is 1. The van der Waals surface area contributed by atoms with Crippen LogP contribution in [0.4, 0.5) is 0 Å². The molecule has 5 rings (SSSR count). The molecule has 2 N–H and O–H groups in total. The number of aliphatic hydroxyl groups is 2. The number of nitrogens with zero attached hydrogens (tertiary/aromatic N) is 3. The van der Waals surface area contributed by atoms with Crippen LogP contribution in [0.1, 0.15) is 12.6 Å². The number of ether oxygens (including phenoxy) is 1. The van der Waals surface area contributed by atoms with E-state index in [1.165, 1.54) is 4.88 Å². The molecular weight excluding hydrogens is 382 g/mol. The molecule has 5 heterocycles. The largest absolute Gasteiger partial charge is 0.394 e. The maximum atomic E-state index is 10.0. The Bertz CT molecular complexity index is 1070. The van der Waals surface area contributed by atoms with Crippen molar-refractivity contribution in [2.75, 3.05) is 6.61 Å². The van der Waals surface area contributed by atoms with E-state index in [9.17, 15) is 10.2 Å². The molecule has 0 aromatic carbocycles. The molecule has 8 heteroatoms. The lowest BCUT2D eigenvalue weighted by Gasteiger charge is -2.14. The minimum Gasteiger partial charge on any atom is -0.394 e. The van der Waals surface area contributed by atoms with Gasteiger partial charge in [0.25, 0.3) is 0 Å². The Morgan fingerprint density at radius 1 is 1.22 bits per heavy atom. The summed E-state index contributed by atoms with van der Waals surface area (Å²) >= 11 is 3.37. The lowest BCUT2D eigenvalue weighted by Crippen LogP contribution is -2.24. The van der Waals surface area contributed by atoms with Gasteiger partial charge in [0.1, 0.15) is 23.0 Å². The molecule has 0 amide bonds. The van der Waals surface area contributed by atoms with Gasteiger partial charge in [-0.15, -0.1) is 22.7 Å². The molecule has 3 atom stereocenters. The Balaban J connectivity index is 1.53. The van der Waals surface area contributed by atoms with Gasteiger partial charge >= 0.3 is 0 Å². The molecule has 0 spiro atoms. The fourth-order valence-electron chi connectivity index (χ4n) is 3.46. The second-order valence-corrected chi connectivity index (χ2v) is 8.42. The zero-order valence-electron chi connectivity index (χ0n) is 14.2. The maximum absolute atomic E-state index is 10.0. The second kappa shape index (κ2) is 6.81. The van der Waals surface area contributed by atoms with Gasteiger partial charge in [0.2, 0.25) is 0 Å². The van der Waals surface area contributed by atoms with Gasteiger partial charge in [-0.1, -0.05) is 6.07 Å². The summed E-state index contributed by atoms with van der Waals surface area (Å²) in [5.74, 6) is 0. The van der Waals surface area contributed by atoms with Crippen LogP contribution >= 0.6 is 22.7 Å². The standard InChI is InChI=1S/C19H17N3O3S2/c23-10-14-13(24)8-17(25-14)22-6-4-11-12(3-5-20-18(11)22)19-21-9-16(27-19)15-2-1-7-26-15/h1-7,9,13-14,17,23-24H,8,10H2/t13?,14-,17-/m1/s1. The van der Waals surface area contributed by atoms with E-state index in [2.05, 4.69) is 21.4 Å². The highest BCUT2D eigenvalue weighted by atomic mass is 32.1. The number of pyridine rings is 1. The Morgan fingerprint density at radius 3 is 2.93 bits per heavy atom. The molecule has 4 aromatic rings.